The van der Waals surface area contributed by atoms with E-state index in [2.05, 4.69) is 5.32 Å². The lowest BCUT2D eigenvalue weighted by atomic mass is 10.2. The van der Waals surface area contributed by atoms with Crippen LogP contribution in [-0.2, 0) is 9.59 Å². The first-order valence-electron chi connectivity index (χ1n) is 6.43. The van der Waals surface area contributed by atoms with Crippen molar-refractivity contribution >= 4 is 11.9 Å². The van der Waals surface area contributed by atoms with Crippen LogP contribution in [0.2, 0.25) is 0 Å². The molecule has 1 aromatic rings. The first-order chi connectivity index (χ1) is 9.49. The van der Waals surface area contributed by atoms with Crippen LogP contribution in [0.1, 0.15) is 19.8 Å². The van der Waals surface area contributed by atoms with Gasteiger partial charge in [0, 0.05) is 0 Å². The highest BCUT2D eigenvalue weighted by Gasteiger charge is 2.38. The maximum absolute atomic E-state index is 13.4. The number of para-hydroxylation sites is 1. The average molecular weight is 281 g/mol. The normalized spacial score (nSPS) is 17.1. The van der Waals surface area contributed by atoms with Gasteiger partial charge in [-0.3, -0.25) is 4.79 Å². The van der Waals surface area contributed by atoms with Crippen molar-refractivity contribution in [1.29, 1.82) is 0 Å². The molecule has 2 N–H and O–H groups in total. The standard InChI is InChI=1S/C14H16FNO4/c1-8(20-11-5-3-2-4-10(11)15)13(17)16-12(14(18)19)9-6-7-9/h2-5,8-9,12H,6-7H2,1H3,(H,16,17)(H,18,19). The molecule has 0 radical (unpaired) electrons. The van der Waals surface area contributed by atoms with Crippen LogP contribution in [0, 0.1) is 11.7 Å². The highest BCUT2D eigenvalue weighted by atomic mass is 19.1. The molecular weight excluding hydrogens is 265 g/mol. The Labute approximate surface area is 115 Å². The van der Waals surface area contributed by atoms with Crippen LogP contribution in [0.5, 0.6) is 5.75 Å². The van der Waals surface area contributed by atoms with Crippen LogP contribution in [0.25, 0.3) is 0 Å². The summed E-state index contributed by atoms with van der Waals surface area (Å²) in [6, 6.07) is 4.85. The van der Waals surface area contributed by atoms with Gasteiger partial charge in [0.25, 0.3) is 5.91 Å². The number of nitrogens with one attached hydrogen (secondary N) is 1. The summed E-state index contributed by atoms with van der Waals surface area (Å²) in [5.41, 5.74) is 0. The minimum absolute atomic E-state index is 0.0166. The van der Waals surface area contributed by atoms with Gasteiger partial charge in [-0.2, -0.15) is 0 Å². The number of rotatable bonds is 6. The summed E-state index contributed by atoms with van der Waals surface area (Å²) >= 11 is 0. The van der Waals surface area contributed by atoms with E-state index < -0.39 is 29.8 Å². The second-order valence-corrected chi connectivity index (χ2v) is 4.85. The fourth-order valence-corrected chi connectivity index (χ4v) is 1.87. The quantitative estimate of drug-likeness (QED) is 0.830. The third-order valence-corrected chi connectivity index (χ3v) is 3.17. The second-order valence-electron chi connectivity index (χ2n) is 4.85. The second kappa shape index (κ2) is 5.90. The van der Waals surface area contributed by atoms with Gasteiger partial charge >= 0.3 is 5.97 Å². The van der Waals surface area contributed by atoms with Gasteiger partial charge in [-0.05, 0) is 37.8 Å². The predicted molar refractivity (Wildman–Crippen MR) is 68.8 cm³/mol. The molecule has 2 unspecified atom stereocenters. The van der Waals surface area contributed by atoms with Crippen molar-refractivity contribution in [3.8, 4) is 5.75 Å². The maximum Gasteiger partial charge on any atom is 0.326 e. The summed E-state index contributed by atoms with van der Waals surface area (Å²) < 4.78 is 18.6. The molecule has 0 heterocycles. The molecule has 108 valence electrons. The van der Waals surface area contributed by atoms with Gasteiger partial charge in [0.05, 0.1) is 0 Å². The molecule has 1 amide bonds. The Balaban J connectivity index is 1.95. The molecule has 0 aromatic heterocycles. The molecule has 0 aliphatic heterocycles. The maximum atomic E-state index is 13.4. The van der Waals surface area contributed by atoms with Crippen molar-refractivity contribution in [2.24, 2.45) is 5.92 Å². The van der Waals surface area contributed by atoms with Crippen molar-refractivity contribution in [3.05, 3.63) is 30.1 Å². The molecule has 0 saturated heterocycles. The van der Waals surface area contributed by atoms with Crippen LogP contribution in [0.15, 0.2) is 24.3 Å². The molecule has 5 nitrogen and oxygen atoms in total. The Morgan fingerprint density at radius 3 is 2.60 bits per heavy atom. The number of benzene rings is 1. The van der Waals surface area contributed by atoms with E-state index in [9.17, 15) is 14.0 Å². The molecule has 1 aliphatic carbocycles. The molecule has 0 spiro atoms. The van der Waals surface area contributed by atoms with Crippen molar-refractivity contribution in [3.63, 3.8) is 0 Å². The van der Waals surface area contributed by atoms with Crippen molar-refractivity contribution in [2.45, 2.75) is 31.9 Å². The molecule has 1 fully saturated rings. The molecular formula is C14H16FNO4. The van der Waals surface area contributed by atoms with Crippen molar-refractivity contribution < 1.29 is 23.8 Å². The third-order valence-electron chi connectivity index (χ3n) is 3.17. The van der Waals surface area contributed by atoms with Gasteiger partial charge in [0.2, 0.25) is 0 Å². The van der Waals surface area contributed by atoms with Crippen molar-refractivity contribution in [2.75, 3.05) is 0 Å². The Morgan fingerprint density at radius 1 is 1.40 bits per heavy atom. The molecule has 6 heteroatoms. The number of carbonyl (C=O) groups is 2. The van der Waals surface area contributed by atoms with Gasteiger partial charge < -0.3 is 15.2 Å². The summed E-state index contributed by atoms with van der Waals surface area (Å²) in [4.78, 5) is 22.9. The summed E-state index contributed by atoms with van der Waals surface area (Å²) in [6.45, 7) is 1.45. The number of aliphatic carboxylic acids is 1. The Morgan fingerprint density at radius 2 is 2.05 bits per heavy atom. The minimum atomic E-state index is -1.06. The lowest BCUT2D eigenvalue weighted by Gasteiger charge is -2.18. The van der Waals surface area contributed by atoms with Gasteiger partial charge in [-0.15, -0.1) is 0 Å². The van der Waals surface area contributed by atoms with E-state index in [1.807, 2.05) is 0 Å². The van der Waals surface area contributed by atoms with Crippen LogP contribution >= 0.6 is 0 Å². The van der Waals surface area contributed by atoms with E-state index in [-0.39, 0.29) is 11.7 Å². The topological polar surface area (TPSA) is 75.6 Å². The summed E-state index contributed by atoms with van der Waals surface area (Å²) in [5, 5.41) is 11.5. The lowest BCUT2D eigenvalue weighted by Crippen LogP contribution is -2.47. The van der Waals surface area contributed by atoms with Gasteiger partial charge in [-0.1, -0.05) is 12.1 Å². The zero-order chi connectivity index (χ0) is 14.7. The van der Waals surface area contributed by atoms with Gasteiger partial charge in [0.1, 0.15) is 6.04 Å². The number of halogens is 1. The Kier molecular flexibility index (Phi) is 4.22. The molecule has 1 saturated carbocycles. The van der Waals surface area contributed by atoms with E-state index in [0.717, 1.165) is 12.8 Å². The summed E-state index contributed by atoms with van der Waals surface area (Å²) in [6.07, 6.45) is 0.618. The molecule has 20 heavy (non-hydrogen) atoms. The van der Waals surface area contributed by atoms with E-state index in [1.54, 1.807) is 6.07 Å². The number of carboxylic acid groups (broad SMARTS) is 1. The number of ether oxygens (including phenoxy) is 1. The SMILES string of the molecule is CC(Oc1ccccc1F)C(=O)NC(C(=O)O)C1CC1. The first kappa shape index (κ1) is 14.3. The highest BCUT2D eigenvalue weighted by Crippen LogP contribution is 2.32. The Bertz CT molecular complexity index is 516. The van der Waals surface area contributed by atoms with Crippen molar-refractivity contribution in [1.82, 2.24) is 5.32 Å². The van der Waals surface area contributed by atoms with Crippen LogP contribution in [0.4, 0.5) is 4.39 Å². The monoisotopic (exact) mass is 281 g/mol. The largest absolute Gasteiger partial charge is 0.480 e. The number of amides is 1. The van der Waals surface area contributed by atoms with E-state index >= 15 is 0 Å². The Hall–Kier alpha value is -2.11. The smallest absolute Gasteiger partial charge is 0.326 e. The number of hydrogen-bond acceptors (Lipinski definition) is 3. The minimum Gasteiger partial charge on any atom is -0.480 e. The van der Waals surface area contributed by atoms with Gasteiger partial charge in [0.15, 0.2) is 17.7 Å². The summed E-state index contributed by atoms with van der Waals surface area (Å²) in [5.74, 6) is -2.24. The van der Waals surface area contributed by atoms with Crippen LogP contribution in [0.3, 0.4) is 0 Å². The lowest BCUT2D eigenvalue weighted by molar-refractivity contribution is -0.143. The first-order valence-corrected chi connectivity index (χ1v) is 6.43. The predicted octanol–water partition coefficient (Wildman–Crippen LogP) is 1.57. The molecule has 0 bridgehead atoms. The zero-order valence-electron chi connectivity index (χ0n) is 11.0. The number of carboxylic acids is 1. The summed E-state index contributed by atoms with van der Waals surface area (Å²) in [7, 11) is 0. The molecule has 2 atom stereocenters. The van der Waals surface area contributed by atoms with Crippen LogP contribution < -0.4 is 10.1 Å². The van der Waals surface area contributed by atoms with Gasteiger partial charge in [-0.25, -0.2) is 9.18 Å². The number of hydrogen-bond donors (Lipinski definition) is 2. The molecule has 1 aliphatic rings. The number of carbonyl (C=O) groups excluding carboxylic acids is 1. The molecule has 2 rings (SSSR count). The zero-order valence-corrected chi connectivity index (χ0v) is 11.0. The third kappa shape index (κ3) is 3.46. The van der Waals surface area contributed by atoms with E-state index in [4.69, 9.17) is 9.84 Å². The highest BCUT2D eigenvalue weighted by molar-refractivity contribution is 5.86. The van der Waals surface area contributed by atoms with E-state index in [1.165, 1.54) is 25.1 Å². The average Bonchev–Trinajstić information content (AvgIpc) is 3.22. The fourth-order valence-electron chi connectivity index (χ4n) is 1.87. The fraction of sp³-hybridized carbons (Fsp3) is 0.429. The molecule has 1 aromatic carbocycles. The van der Waals surface area contributed by atoms with Crippen LogP contribution in [-0.4, -0.2) is 29.1 Å². The van der Waals surface area contributed by atoms with E-state index in [0.29, 0.717) is 0 Å².